The third kappa shape index (κ3) is 5.31. The normalized spacial score (nSPS) is 26.0. The van der Waals surface area contributed by atoms with Gasteiger partial charge in [0.15, 0.2) is 0 Å². The Kier molecular flexibility index (Phi) is 7.66. The molecule has 1 amide bonds. The summed E-state index contributed by atoms with van der Waals surface area (Å²) >= 11 is 7.64. The molecule has 0 aliphatic carbocycles. The van der Waals surface area contributed by atoms with Gasteiger partial charge in [-0.3, -0.25) is 19.4 Å². The third-order valence-electron chi connectivity index (χ3n) is 5.98. The van der Waals surface area contributed by atoms with Crippen molar-refractivity contribution in [3.8, 4) is 6.07 Å². The number of halogens is 1. The van der Waals surface area contributed by atoms with Gasteiger partial charge in [0.1, 0.15) is 24.6 Å². The van der Waals surface area contributed by atoms with Crippen molar-refractivity contribution in [3.05, 3.63) is 23.4 Å². The van der Waals surface area contributed by atoms with Crippen LogP contribution < -0.4 is 5.32 Å². The number of hydrogen-bond acceptors (Lipinski definition) is 9. The van der Waals surface area contributed by atoms with E-state index in [1.807, 2.05) is 5.17 Å². The molecule has 3 aliphatic heterocycles. The lowest BCUT2D eigenvalue weighted by molar-refractivity contribution is -0.424. The summed E-state index contributed by atoms with van der Waals surface area (Å²) in [6.45, 7) is 5.66. The predicted molar refractivity (Wildman–Crippen MR) is 120 cm³/mol. The van der Waals surface area contributed by atoms with Crippen LogP contribution in [0, 0.1) is 11.3 Å². The van der Waals surface area contributed by atoms with Crippen LogP contribution in [0.25, 0.3) is 0 Å². The summed E-state index contributed by atoms with van der Waals surface area (Å²) in [5, 5.41) is 17.1. The van der Waals surface area contributed by atoms with E-state index in [1.54, 1.807) is 23.9 Å². The van der Waals surface area contributed by atoms with Crippen molar-refractivity contribution < 1.29 is 9.63 Å². The van der Waals surface area contributed by atoms with Gasteiger partial charge in [-0.15, -0.1) is 16.9 Å². The standard InChI is InChI=1S/C20H28ClN7O2S/c1-2-27(28-20(12-30-28)26-14-31-13-17(26)9-22)16-5-7-25(8-6-16)11-19(29)24-18-4-3-15(21)10-23-18/h3-4,10,16-17,20H,2,5-8,11-14H2,1H3,(H,23,24,29). The van der Waals surface area contributed by atoms with Crippen molar-refractivity contribution in [2.45, 2.75) is 38.0 Å². The Hall–Kier alpha value is -1.45. The molecule has 4 heterocycles. The smallest absolute Gasteiger partial charge is 0.239 e. The van der Waals surface area contributed by atoms with E-state index in [2.05, 4.69) is 38.1 Å². The van der Waals surface area contributed by atoms with Crippen LogP contribution in [0.4, 0.5) is 5.82 Å². The highest BCUT2D eigenvalue weighted by Gasteiger charge is 2.45. The van der Waals surface area contributed by atoms with Crippen molar-refractivity contribution in [3.63, 3.8) is 0 Å². The molecule has 0 aromatic carbocycles. The number of rotatable bonds is 7. The number of nitrogens with one attached hydrogen (secondary N) is 1. The number of hydrogen-bond donors (Lipinski definition) is 1. The molecule has 0 radical (unpaired) electrons. The summed E-state index contributed by atoms with van der Waals surface area (Å²) in [5.41, 5.74) is 0. The average Bonchev–Trinajstić information content (AvgIpc) is 3.21. The first kappa shape index (κ1) is 22.7. The highest BCUT2D eigenvalue weighted by Crippen LogP contribution is 2.31. The van der Waals surface area contributed by atoms with E-state index in [4.69, 9.17) is 16.4 Å². The molecule has 0 saturated carbocycles. The fraction of sp³-hybridized carbons (Fsp3) is 0.650. The van der Waals surface area contributed by atoms with Gasteiger partial charge in [-0.25, -0.2) is 9.99 Å². The molecule has 4 rings (SSSR count). The lowest BCUT2D eigenvalue weighted by Gasteiger charge is -2.52. The van der Waals surface area contributed by atoms with E-state index in [-0.39, 0.29) is 18.1 Å². The molecule has 11 heteroatoms. The van der Waals surface area contributed by atoms with Crippen LogP contribution in [0.15, 0.2) is 18.3 Å². The van der Waals surface area contributed by atoms with Crippen LogP contribution >= 0.6 is 23.4 Å². The van der Waals surface area contributed by atoms with E-state index < -0.39 is 0 Å². The summed E-state index contributed by atoms with van der Waals surface area (Å²) in [4.78, 5) is 26.7. The van der Waals surface area contributed by atoms with Gasteiger partial charge in [0.05, 0.1) is 17.6 Å². The Morgan fingerprint density at radius 1 is 1.45 bits per heavy atom. The summed E-state index contributed by atoms with van der Waals surface area (Å²) in [6, 6.07) is 6.14. The highest BCUT2D eigenvalue weighted by molar-refractivity contribution is 7.99. The number of anilines is 1. The average molecular weight is 466 g/mol. The fourth-order valence-electron chi connectivity index (χ4n) is 4.31. The molecule has 1 aromatic rings. The van der Waals surface area contributed by atoms with E-state index in [0.717, 1.165) is 44.1 Å². The van der Waals surface area contributed by atoms with Gasteiger partial charge in [0, 0.05) is 43.5 Å². The zero-order valence-electron chi connectivity index (χ0n) is 17.6. The van der Waals surface area contributed by atoms with Crippen LogP contribution in [-0.2, 0) is 9.63 Å². The SMILES string of the molecule is CCN(C1CCN(CC(=O)Nc2ccc(Cl)cn2)CC1)N1OCC1N1CSCC1C#N. The lowest BCUT2D eigenvalue weighted by atomic mass is 10.0. The number of likely N-dealkylation sites (tertiary alicyclic amines) is 1. The summed E-state index contributed by atoms with van der Waals surface area (Å²) in [5.74, 6) is 2.17. The van der Waals surface area contributed by atoms with E-state index in [1.165, 1.54) is 6.20 Å². The van der Waals surface area contributed by atoms with Crippen molar-refractivity contribution in [1.29, 1.82) is 5.26 Å². The van der Waals surface area contributed by atoms with Gasteiger partial charge < -0.3 is 5.32 Å². The van der Waals surface area contributed by atoms with Crippen LogP contribution in [0.3, 0.4) is 0 Å². The number of hydrazine groups is 1. The number of carbonyl (C=O) groups is 1. The molecule has 3 aliphatic rings. The number of nitrogens with zero attached hydrogens (tertiary/aromatic N) is 6. The van der Waals surface area contributed by atoms with E-state index in [9.17, 15) is 10.1 Å². The molecule has 1 N–H and O–H groups in total. The van der Waals surface area contributed by atoms with Crippen molar-refractivity contribution in [1.82, 2.24) is 25.0 Å². The minimum Gasteiger partial charge on any atom is -0.310 e. The van der Waals surface area contributed by atoms with E-state index in [0.29, 0.717) is 30.0 Å². The molecule has 2 atom stereocenters. The first-order valence-electron chi connectivity index (χ1n) is 10.6. The molecule has 9 nitrogen and oxygen atoms in total. The second-order valence-corrected chi connectivity index (χ2v) is 9.35. The molecule has 31 heavy (non-hydrogen) atoms. The molecule has 168 valence electrons. The second-order valence-electron chi connectivity index (χ2n) is 7.91. The maximum Gasteiger partial charge on any atom is 0.239 e. The van der Waals surface area contributed by atoms with Gasteiger partial charge in [-0.05, 0) is 25.0 Å². The first-order chi connectivity index (χ1) is 15.1. The largest absolute Gasteiger partial charge is 0.310 e. The van der Waals surface area contributed by atoms with Gasteiger partial charge in [0.2, 0.25) is 5.91 Å². The number of nitriles is 1. The number of aromatic nitrogens is 1. The molecular formula is C20H28ClN7O2S. The molecule has 0 spiro atoms. The minimum atomic E-state index is -0.0687. The van der Waals surface area contributed by atoms with Gasteiger partial charge in [0.25, 0.3) is 0 Å². The number of amides is 1. The predicted octanol–water partition coefficient (Wildman–Crippen LogP) is 1.85. The Labute approximate surface area is 192 Å². The van der Waals surface area contributed by atoms with Crippen LogP contribution in [0.2, 0.25) is 5.02 Å². The Bertz CT molecular complexity index is 800. The summed E-state index contributed by atoms with van der Waals surface area (Å²) in [7, 11) is 0. The zero-order valence-corrected chi connectivity index (χ0v) is 19.2. The molecular weight excluding hydrogens is 438 g/mol. The van der Waals surface area contributed by atoms with Gasteiger partial charge in [-0.2, -0.15) is 5.26 Å². The molecule has 3 saturated heterocycles. The number of hydroxylamine groups is 1. The quantitative estimate of drug-likeness (QED) is 0.647. The van der Waals surface area contributed by atoms with Crippen molar-refractivity contribution in [2.75, 3.05) is 49.7 Å². The maximum absolute atomic E-state index is 12.4. The van der Waals surface area contributed by atoms with Crippen LogP contribution in [-0.4, -0.2) is 93.5 Å². The Morgan fingerprint density at radius 2 is 2.26 bits per heavy atom. The Morgan fingerprint density at radius 3 is 2.87 bits per heavy atom. The topological polar surface area (TPSA) is 88.0 Å². The van der Waals surface area contributed by atoms with Gasteiger partial charge >= 0.3 is 0 Å². The maximum atomic E-state index is 12.4. The third-order valence-corrected chi connectivity index (χ3v) is 7.23. The van der Waals surface area contributed by atoms with Crippen molar-refractivity contribution >= 4 is 35.1 Å². The summed E-state index contributed by atoms with van der Waals surface area (Å²) < 4.78 is 0. The first-order valence-corrected chi connectivity index (χ1v) is 12.2. The molecule has 0 bridgehead atoms. The second kappa shape index (κ2) is 10.4. The van der Waals surface area contributed by atoms with E-state index >= 15 is 0 Å². The number of carbonyl (C=O) groups excluding carboxylic acids is 1. The molecule has 1 aromatic heterocycles. The lowest BCUT2D eigenvalue weighted by Crippen LogP contribution is -2.68. The fourth-order valence-corrected chi connectivity index (χ4v) is 5.58. The summed E-state index contributed by atoms with van der Waals surface area (Å²) in [6.07, 6.45) is 3.58. The minimum absolute atomic E-state index is 0.0457. The van der Waals surface area contributed by atoms with Crippen LogP contribution in [0.5, 0.6) is 0 Å². The molecule has 3 fully saturated rings. The van der Waals surface area contributed by atoms with Crippen molar-refractivity contribution in [2.24, 2.45) is 0 Å². The number of pyridine rings is 1. The van der Waals surface area contributed by atoms with Crippen LogP contribution in [0.1, 0.15) is 19.8 Å². The monoisotopic (exact) mass is 465 g/mol. The molecule has 2 unspecified atom stereocenters. The Balaban J connectivity index is 1.26. The number of piperidine rings is 1. The highest BCUT2D eigenvalue weighted by atomic mass is 35.5. The zero-order chi connectivity index (χ0) is 21.8. The number of thioether (sulfide) groups is 1. The van der Waals surface area contributed by atoms with Gasteiger partial charge in [-0.1, -0.05) is 18.5 Å².